The maximum Gasteiger partial charge on any atom is 0.274 e. The average molecular weight is 237 g/mol. The molecule has 0 amide bonds. The zero-order valence-corrected chi connectivity index (χ0v) is 8.58. The number of nitro benzene ring substituents is 1. The Morgan fingerprint density at radius 2 is 2.29 bits per heavy atom. The third kappa shape index (κ3) is 2.39. The molecule has 0 unspecified atom stereocenters. The molecule has 0 saturated carbocycles. The van der Waals surface area contributed by atoms with E-state index in [0.29, 0.717) is 0 Å². The largest absolute Gasteiger partial charge is 0.505 e. The zero-order valence-electron chi connectivity index (χ0n) is 8.58. The Balaban J connectivity index is 2.37. The second kappa shape index (κ2) is 4.20. The summed E-state index contributed by atoms with van der Waals surface area (Å²) in [5, 5.41) is 23.6. The second-order valence-electron chi connectivity index (χ2n) is 3.43. The molecule has 0 radical (unpaired) electrons. The van der Waals surface area contributed by atoms with Crippen LogP contribution < -0.4 is 0 Å². The first kappa shape index (κ1) is 11.1. The SMILES string of the molecule is O=[N+]([O-])c1ccc(F)cc1Cn1cc(O)cn1. The first-order valence-electron chi connectivity index (χ1n) is 4.70. The van der Waals surface area contributed by atoms with E-state index in [1.165, 1.54) is 17.1 Å². The third-order valence-corrected chi connectivity index (χ3v) is 2.19. The summed E-state index contributed by atoms with van der Waals surface area (Å²) >= 11 is 0. The standard InChI is InChI=1S/C10H8FN3O3/c11-8-1-2-10(14(16)17)7(3-8)5-13-6-9(15)4-12-13/h1-4,6,15H,5H2. The van der Waals surface area contributed by atoms with Gasteiger partial charge in [-0.3, -0.25) is 14.8 Å². The lowest BCUT2D eigenvalue weighted by Crippen LogP contribution is -2.04. The van der Waals surface area contributed by atoms with Gasteiger partial charge < -0.3 is 5.11 Å². The van der Waals surface area contributed by atoms with Gasteiger partial charge in [0, 0.05) is 6.07 Å². The highest BCUT2D eigenvalue weighted by Gasteiger charge is 2.15. The molecule has 1 aromatic carbocycles. The van der Waals surface area contributed by atoms with Gasteiger partial charge in [0.2, 0.25) is 0 Å². The van der Waals surface area contributed by atoms with Gasteiger partial charge in [-0.25, -0.2) is 4.39 Å². The molecule has 0 fully saturated rings. The highest BCUT2D eigenvalue weighted by Crippen LogP contribution is 2.20. The van der Waals surface area contributed by atoms with Crippen molar-refractivity contribution in [2.45, 2.75) is 6.54 Å². The number of hydrogen-bond donors (Lipinski definition) is 1. The topological polar surface area (TPSA) is 81.2 Å². The molecule has 1 aromatic heterocycles. The molecule has 6 nitrogen and oxygen atoms in total. The molecule has 7 heteroatoms. The molecule has 0 aliphatic heterocycles. The lowest BCUT2D eigenvalue weighted by atomic mass is 10.2. The van der Waals surface area contributed by atoms with Crippen molar-refractivity contribution in [3.05, 3.63) is 52.1 Å². The summed E-state index contributed by atoms with van der Waals surface area (Å²) in [5.41, 5.74) is 0.0134. The van der Waals surface area contributed by atoms with E-state index in [4.69, 9.17) is 5.11 Å². The van der Waals surface area contributed by atoms with Crippen molar-refractivity contribution in [1.29, 1.82) is 0 Å². The second-order valence-corrected chi connectivity index (χ2v) is 3.43. The zero-order chi connectivity index (χ0) is 12.4. The van der Waals surface area contributed by atoms with Crippen LogP contribution in [0, 0.1) is 15.9 Å². The molecule has 1 heterocycles. The van der Waals surface area contributed by atoms with Crippen LogP contribution in [-0.2, 0) is 6.54 Å². The Hall–Kier alpha value is -2.44. The van der Waals surface area contributed by atoms with Crippen molar-refractivity contribution in [2.24, 2.45) is 0 Å². The van der Waals surface area contributed by atoms with E-state index < -0.39 is 10.7 Å². The van der Waals surface area contributed by atoms with Crippen molar-refractivity contribution in [3.8, 4) is 5.75 Å². The minimum absolute atomic E-state index is 0.0225. The summed E-state index contributed by atoms with van der Waals surface area (Å²) in [4.78, 5) is 10.1. The van der Waals surface area contributed by atoms with Gasteiger partial charge in [-0.2, -0.15) is 5.10 Å². The van der Waals surface area contributed by atoms with Crippen LogP contribution in [0.4, 0.5) is 10.1 Å². The average Bonchev–Trinajstić information content (AvgIpc) is 2.63. The fraction of sp³-hybridized carbons (Fsp3) is 0.100. The molecule has 2 aromatic rings. The number of aromatic hydroxyl groups is 1. The molecule has 0 saturated heterocycles. The van der Waals surface area contributed by atoms with Crippen LogP contribution in [0.25, 0.3) is 0 Å². The van der Waals surface area contributed by atoms with Gasteiger partial charge in [0.05, 0.1) is 29.4 Å². The monoisotopic (exact) mass is 237 g/mol. The Morgan fingerprint density at radius 3 is 2.88 bits per heavy atom. The summed E-state index contributed by atoms with van der Waals surface area (Å²) < 4.78 is 14.3. The predicted octanol–water partition coefficient (Wildman–Crippen LogP) is 1.68. The first-order valence-corrected chi connectivity index (χ1v) is 4.70. The van der Waals surface area contributed by atoms with Gasteiger partial charge in [-0.15, -0.1) is 0 Å². The highest BCUT2D eigenvalue weighted by molar-refractivity contribution is 5.40. The Bertz CT molecular complexity index is 568. The Morgan fingerprint density at radius 1 is 1.53 bits per heavy atom. The summed E-state index contributed by atoms with van der Waals surface area (Å²) in [6, 6.07) is 3.22. The number of halogens is 1. The summed E-state index contributed by atoms with van der Waals surface area (Å²) in [6.45, 7) is 0.0225. The van der Waals surface area contributed by atoms with Crippen LogP contribution in [0.1, 0.15) is 5.56 Å². The molecule has 0 atom stereocenters. The number of nitro groups is 1. The summed E-state index contributed by atoms with van der Waals surface area (Å²) in [6.07, 6.45) is 2.50. The normalized spacial score (nSPS) is 10.4. The van der Waals surface area contributed by atoms with E-state index in [2.05, 4.69) is 5.10 Å². The molecule has 0 aliphatic carbocycles. The number of hydrogen-bond acceptors (Lipinski definition) is 4. The molecule has 88 valence electrons. The molecule has 0 bridgehead atoms. The number of aromatic nitrogens is 2. The van der Waals surface area contributed by atoms with Gasteiger partial charge in [-0.05, 0) is 12.1 Å². The Kier molecular flexibility index (Phi) is 2.73. The van der Waals surface area contributed by atoms with Crippen molar-refractivity contribution in [3.63, 3.8) is 0 Å². The molecular formula is C10H8FN3O3. The van der Waals surface area contributed by atoms with Gasteiger partial charge >= 0.3 is 0 Å². The summed E-state index contributed by atoms with van der Waals surface area (Å²) in [7, 11) is 0. The first-order chi connectivity index (χ1) is 8.06. The van der Waals surface area contributed by atoms with E-state index in [9.17, 15) is 14.5 Å². The van der Waals surface area contributed by atoms with Crippen molar-refractivity contribution in [1.82, 2.24) is 9.78 Å². The maximum atomic E-state index is 13.0. The minimum atomic E-state index is -0.585. The van der Waals surface area contributed by atoms with Gasteiger partial charge in [-0.1, -0.05) is 0 Å². The smallest absolute Gasteiger partial charge is 0.274 e. The highest BCUT2D eigenvalue weighted by atomic mass is 19.1. The molecule has 17 heavy (non-hydrogen) atoms. The van der Waals surface area contributed by atoms with Crippen molar-refractivity contribution < 1.29 is 14.4 Å². The van der Waals surface area contributed by atoms with E-state index in [1.807, 2.05) is 0 Å². The third-order valence-electron chi connectivity index (χ3n) is 2.19. The van der Waals surface area contributed by atoms with E-state index in [-0.39, 0.29) is 23.5 Å². The van der Waals surface area contributed by atoms with E-state index >= 15 is 0 Å². The number of nitrogens with zero attached hydrogens (tertiary/aromatic N) is 3. The molecule has 1 N–H and O–H groups in total. The lowest BCUT2D eigenvalue weighted by Gasteiger charge is -2.03. The molecule has 2 rings (SSSR count). The molecular weight excluding hydrogens is 229 g/mol. The van der Waals surface area contributed by atoms with Crippen LogP contribution in [0.2, 0.25) is 0 Å². The predicted molar refractivity (Wildman–Crippen MR) is 56.0 cm³/mol. The van der Waals surface area contributed by atoms with Gasteiger partial charge in [0.15, 0.2) is 5.75 Å². The van der Waals surface area contributed by atoms with Crippen molar-refractivity contribution in [2.75, 3.05) is 0 Å². The lowest BCUT2D eigenvalue weighted by molar-refractivity contribution is -0.385. The quantitative estimate of drug-likeness (QED) is 0.650. The van der Waals surface area contributed by atoms with Gasteiger partial charge in [0.25, 0.3) is 5.69 Å². The van der Waals surface area contributed by atoms with Crippen LogP contribution >= 0.6 is 0 Å². The van der Waals surface area contributed by atoms with Crippen LogP contribution in [0.3, 0.4) is 0 Å². The van der Waals surface area contributed by atoms with E-state index in [0.717, 1.165) is 18.2 Å². The van der Waals surface area contributed by atoms with E-state index in [1.54, 1.807) is 0 Å². The fourth-order valence-corrected chi connectivity index (χ4v) is 1.47. The molecule has 0 spiro atoms. The van der Waals surface area contributed by atoms with Crippen molar-refractivity contribution >= 4 is 5.69 Å². The Labute approximate surface area is 95.1 Å². The maximum absolute atomic E-state index is 13.0. The number of benzene rings is 1. The van der Waals surface area contributed by atoms with Crippen LogP contribution in [-0.4, -0.2) is 19.8 Å². The fourth-order valence-electron chi connectivity index (χ4n) is 1.47. The van der Waals surface area contributed by atoms with Gasteiger partial charge in [0.1, 0.15) is 5.82 Å². The number of rotatable bonds is 3. The minimum Gasteiger partial charge on any atom is -0.505 e. The summed E-state index contributed by atoms with van der Waals surface area (Å²) in [5.74, 6) is -0.606. The molecule has 0 aliphatic rings. The van der Waals surface area contributed by atoms with Crippen LogP contribution in [0.5, 0.6) is 5.75 Å². The van der Waals surface area contributed by atoms with Crippen LogP contribution in [0.15, 0.2) is 30.6 Å².